The number of amides is 1. The van der Waals surface area contributed by atoms with E-state index < -0.39 is 16.1 Å². The maximum Gasteiger partial charge on any atom is 0.265 e. The zero-order chi connectivity index (χ0) is 21.3. The lowest BCUT2D eigenvalue weighted by molar-refractivity contribution is -0.122. The van der Waals surface area contributed by atoms with Crippen LogP contribution in [0.25, 0.3) is 0 Å². The van der Waals surface area contributed by atoms with Gasteiger partial charge in [0.15, 0.2) is 6.10 Å². The quantitative estimate of drug-likeness (QED) is 0.613. The van der Waals surface area contributed by atoms with Crippen LogP contribution in [0.15, 0.2) is 71.6 Å². The first-order valence-corrected chi connectivity index (χ1v) is 11.1. The van der Waals surface area contributed by atoms with Crippen molar-refractivity contribution in [2.24, 2.45) is 0 Å². The molecule has 0 saturated carbocycles. The summed E-state index contributed by atoms with van der Waals surface area (Å²) in [7, 11) is -3.90. The van der Waals surface area contributed by atoms with Crippen molar-refractivity contribution in [3.63, 3.8) is 0 Å². The maximum absolute atomic E-state index is 12.9. The molecule has 154 valence electrons. The van der Waals surface area contributed by atoms with Gasteiger partial charge in [-0.25, -0.2) is 8.42 Å². The van der Waals surface area contributed by atoms with Crippen LogP contribution in [0.1, 0.15) is 11.1 Å². The molecule has 1 aliphatic heterocycles. The molecule has 6 nitrogen and oxygen atoms in total. The Morgan fingerprint density at radius 3 is 2.57 bits per heavy atom. The summed E-state index contributed by atoms with van der Waals surface area (Å²) in [5.41, 5.74) is 2.15. The third-order valence-electron chi connectivity index (χ3n) is 4.80. The highest BCUT2D eigenvalue weighted by atomic mass is 35.5. The van der Waals surface area contributed by atoms with Crippen LogP contribution < -0.4 is 14.8 Å². The van der Waals surface area contributed by atoms with E-state index in [1.807, 2.05) is 24.3 Å². The molecular formula is C22H19ClN2O4S. The summed E-state index contributed by atoms with van der Waals surface area (Å²) in [6, 6.07) is 18.8. The summed E-state index contributed by atoms with van der Waals surface area (Å²) in [5, 5.41) is 3.04. The second-order valence-corrected chi connectivity index (χ2v) is 9.03. The van der Waals surface area contributed by atoms with Gasteiger partial charge in [0, 0.05) is 12.1 Å². The van der Waals surface area contributed by atoms with Gasteiger partial charge >= 0.3 is 0 Å². The van der Waals surface area contributed by atoms with Gasteiger partial charge in [0.2, 0.25) is 0 Å². The SMILES string of the molecule is Cc1ccc(NC(=O)[C@@H]2Cc3ccccc3O2)cc1S(=O)(=O)Nc1ccccc1Cl. The Hall–Kier alpha value is -3.03. The minimum absolute atomic E-state index is 0.0517. The molecule has 0 aromatic heterocycles. The van der Waals surface area contributed by atoms with Crippen molar-refractivity contribution in [3.05, 3.63) is 82.9 Å². The van der Waals surface area contributed by atoms with E-state index in [0.717, 1.165) is 5.56 Å². The van der Waals surface area contributed by atoms with Gasteiger partial charge in [0.25, 0.3) is 15.9 Å². The first-order chi connectivity index (χ1) is 14.3. The molecule has 3 aromatic rings. The zero-order valence-electron chi connectivity index (χ0n) is 16.1. The Morgan fingerprint density at radius 1 is 1.07 bits per heavy atom. The summed E-state index contributed by atoms with van der Waals surface area (Å²) < 4.78 is 34.0. The normalized spacial score (nSPS) is 15.2. The fourth-order valence-corrected chi connectivity index (χ4v) is 4.85. The number of fused-ring (bicyclic) bond motifs is 1. The molecule has 0 spiro atoms. The number of halogens is 1. The van der Waals surface area contributed by atoms with E-state index in [1.54, 1.807) is 43.3 Å². The van der Waals surface area contributed by atoms with E-state index in [9.17, 15) is 13.2 Å². The standard InChI is InChI=1S/C22H19ClN2O4S/c1-14-10-11-16(24-22(26)20-12-15-6-2-5-9-19(15)29-20)13-21(14)30(27,28)25-18-8-4-3-7-17(18)23/h2-11,13,20,25H,12H2,1H3,(H,24,26)/t20-/m0/s1. The fraction of sp³-hybridized carbons (Fsp3) is 0.136. The molecule has 0 radical (unpaired) electrons. The molecule has 1 heterocycles. The van der Waals surface area contributed by atoms with Crippen molar-refractivity contribution in [2.45, 2.75) is 24.3 Å². The van der Waals surface area contributed by atoms with Crippen LogP contribution in [-0.2, 0) is 21.2 Å². The van der Waals surface area contributed by atoms with Crippen molar-refractivity contribution in [1.82, 2.24) is 0 Å². The molecule has 4 rings (SSSR count). The lowest BCUT2D eigenvalue weighted by Crippen LogP contribution is -2.31. The van der Waals surface area contributed by atoms with Crippen LogP contribution in [0.3, 0.4) is 0 Å². The molecule has 30 heavy (non-hydrogen) atoms. The Kier molecular flexibility index (Phi) is 5.40. The Balaban J connectivity index is 1.53. The van der Waals surface area contributed by atoms with Gasteiger partial charge in [-0.3, -0.25) is 9.52 Å². The van der Waals surface area contributed by atoms with Gasteiger partial charge in [0.05, 0.1) is 15.6 Å². The minimum Gasteiger partial charge on any atom is -0.480 e. The van der Waals surface area contributed by atoms with Crippen LogP contribution in [0.4, 0.5) is 11.4 Å². The largest absolute Gasteiger partial charge is 0.480 e. The van der Waals surface area contributed by atoms with Crippen molar-refractivity contribution in [1.29, 1.82) is 0 Å². The Morgan fingerprint density at radius 2 is 1.80 bits per heavy atom. The highest BCUT2D eigenvalue weighted by molar-refractivity contribution is 7.92. The number of ether oxygens (including phenoxy) is 1. The van der Waals surface area contributed by atoms with E-state index in [0.29, 0.717) is 28.4 Å². The molecule has 3 aromatic carbocycles. The molecular weight excluding hydrogens is 424 g/mol. The summed E-state index contributed by atoms with van der Waals surface area (Å²) >= 11 is 6.07. The number of rotatable bonds is 5. The molecule has 0 fully saturated rings. The zero-order valence-corrected chi connectivity index (χ0v) is 17.6. The van der Waals surface area contributed by atoms with Crippen LogP contribution in [0.5, 0.6) is 5.75 Å². The number of nitrogens with one attached hydrogen (secondary N) is 2. The molecule has 1 aliphatic rings. The number of sulfonamides is 1. The smallest absolute Gasteiger partial charge is 0.265 e. The number of anilines is 2. The number of para-hydroxylation sites is 2. The van der Waals surface area contributed by atoms with Gasteiger partial charge in [-0.15, -0.1) is 0 Å². The van der Waals surface area contributed by atoms with Gasteiger partial charge in [0.1, 0.15) is 5.75 Å². The Bertz CT molecular complexity index is 1200. The van der Waals surface area contributed by atoms with Gasteiger partial charge in [-0.2, -0.15) is 0 Å². The van der Waals surface area contributed by atoms with Crippen LogP contribution in [0.2, 0.25) is 5.02 Å². The summed E-state index contributed by atoms with van der Waals surface area (Å²) in [5.74, 6) is 0.353. The number of hydrogen-bond donors (Lipinski definition) is 2. The van der Waals surface area contributed by atoms with Crippen molar-refractivity contribution < 1.29 is 17.9 Å². The molecule has 0 unspecified atom stereocenters. The number of carbonyl (C=O) groups is 1. The molecule has 1 amide bonds. The number of hydrogen-bond acceptors (Lipinski definition) is 4. The topological polar surface area (TPSA) is 84.5 Å². The molecule has 0 saturated heterocycles. The van der Waals surface area contributed by atoms with Crippen molar-refractivity contribution >= 4 is 38.9 Å². The monoisotopic (exact) mass is 442 g/mol. The van der Waals surface area contributed by atoms with Crippen molar-refractivity contribution in [2.75, 3.05) is 10.0 Å². The maximum atomic E-state index is 12.9. The van der Waals surface area contributed by atoms with E-state index in [1.165, 1.54) is 6.07 Å². The van der Waals surface area contributed by atoms with E-state index in [4.69, 9.17) is 16.3 Å². The predicted molar refractivity (Wildman–Crippen MR) is 117 cm³/mol. The predicted octanol–water partition coefficient (Wildman–Crippen LogP) is 4.39. The Labute approximate surface area is 179 Å². The third-order valence-corrected chi connectivity index (χ3v) is 6.64. The molecule has 0 bridgehead atoms. The molecule has 2 N–H and O–H groups in total. The number of carbonyl (C=O) groups excluding carboxylic acids is 1. The van der Waals surface area contributed by atoms with Crippen LogP contribution in [-0.4, -0.2) is 20.4 Å². The van der Waals surface area contributed by atoms with Crippen LogP contribution >= 0.6 is 11.6 Å². The average Bonchev–Trinajstić information content (AvgIpc) is 3.15. The second kappa shape index (κ2) is 8.01. The molecule has 1 atom stereocenters. The first kappa shape index (κ1) is 20.3. The van der Waals surface area contributed by atoms with E-state index in [-0.39, 0.29) is 16.5 Å². The summed E-state index contributed by atoms with van der Waals surface area (Å²) in [6.45, 7) is 1.68. The number of benzene rings is 3. The van der Waals surface area contributed by atoms with Gasteiger partial charge < -0.3 is 10.1 Å². The second-order valence-electron chi connectivity index (χ2n) is 6.97. The lowest BCUT2D eigenvalue weighted by atomic mass is 10.1. The number of aryl methyl sites for hydroxylation is 1. The average molecular weight is 443 g/mol. The molecule has 0 aliphatic carbocycles. The van der Waals surface area contributed by atoms with E-state index in [2.05, 4.69) is 10.0 Å². The summed E-state index contributed by atoms with van der Waals surface area (Å²) in [6.07, 6.45) is -0.197. The van der Waals surface area contributed by atoms with Crippen molar-refractivity contribution in [3.8, 4) is 5.75 Å². The fourth-order valence-electron chi connectivity index (χ4n) is 3.26. The van der Waals surface area contributed by atoms with E-state index >= 15 is 0 Å². The molecule has 8 heteroatoms. The highest BCUT2D eigenvalue weighted by Crippen LogP contribution is 2.30. The van der Waals surface area contributed by atoms with Crippen LogP contribution in [0, 0.1) is 6.92 Å². The highest BCUT2D eigenvalue weighted by Gasteiger charge is 2.29. The minimum atomic E-state index is -3.90. The summed E-state index contributed by atoms with van der Waals surface area (Å²) in [4.78, 5) is 12.7. The lowest BCUT2D eigenvalue weighted by Gasteiger charge is -2.15. The third kappa shape index (κ3) is 4.13. The van der Waals surface area contributed by atoms with Gasteiger partial charge in [-0.05, 0) is 48.4 Å². The first-order valence-electron chi connectivity index (χ1n) is 9.27. The van der Waals surface area contributed by atoms with Gasteiger partial charge in [-0.1, -0.05) is 48.0 Å².